The lowest BCUT2D eigenvalue weighted by Crippen LogP contribution is -2.50. The molecule has 0 radical (unpaired) electrons. The summed E-state index contributed by atoms with van der Waals surface area (Å²) < 4.78 is 11.3. The van der Waals surface area contributed by atoms with Crippen LogP contribution in [0.3, 0.4) is 0 Å². The second-order valence-electron chi connectivity index (χ2n) is 12.0. The molecule has 8 nitrogen and oxygen atoms in total. The van der Waals surface area contributed by atoms with E-state index in [9.17, 15) is 19.5 Å². The molecular weight excluding hydrogens is 532 g/mol. The molecule has 0 aliphatic carbocycles. The number of carbonyl (C=O) groups excluding carboxylic acids is 3. The highest BCUT2D eigenvalue weighted by atomic mass is 16.5. The first-order valence-corrected chi connectivity index (χ1v) is 14.9. The highest BCUT2D eigenvalue weighted by molar-refractivity contribution is 5.86. The van der Waals surface area contributed by atoms with Crippen LogP contribution >= 0.6 is 0 Å². The Hall–Kier alpha value is -3.65. The maximum Gasteiger partial charge on any atom is 0.305 e. The molecule has 3 atom stereocenters. The molecule has 1 heterocycles. The molecule has 2 aromatic rings. The predicted molar refractivity (Wildman–Crippen MR) is 163 cm³/mol. The molecule has 0 fully saturated rings. The number of cyclic esters (lactones) is 1. The van der Waals surface area contributed by atoms with E-state index in [0.29, 0.717) is 25.9 Å². The van der Waals surface area contributed by atoms with Gasteiger partial charge in [-0.1, -0.05) is 75.4 Å². The second kappa shape index (κ2) is 16.7. The van der Waals surface area contributed by atoms with Crippen molar-refractivity contribution < 1.29 is 29.0 Å². The molecule has 0 bridgehead atoms. The van der Waals surface area contributed by atoms with E-state index in [2.05, 4.69) is 10.6 Å². The zero-order valence-corrected chi connectivity index (χ0v) is 25.1. The number of amides is 2. The molecule has 1 aliphatic heterocycles. The van der Waals surface area contributed by atoms with Gasteiger partial charge in [-0.3, -0.25) is 14.4 Å². The molecule has 0 aromatic heterocycles. The fourth-order valence-corrected chi connectivity index (χ4v) is 4.66. The molecule has 1 aliphatic rings. The summed E-state index contributed by atoms with van der Waals surface area (Å²) in [6.45, 7) is 6.26. The van der Waals surface area contributed by atoms with Crippen LogP contribution in [0.25, 0.3) is 0 Å². The van der Waals surface area contributed by atoms with E-state index in [-0.39, 0.29) is 42.8 Å². The zero-order valence-electron chi connectivity index (χ0n) is 25.1. The predicted octanol–water partition coefficient (Wildman–Crippen LogP) is 4.89. The third-order valence-corrected chi connectivity index (χ3v) is 7.40. The number of allylic oxidation sites excluding steroid dienone is 2. The van der Waals surface area contributed by atoms with Crippen molar-refractivity contribution >= 4 is 17.8 Å². The third-order valence-electron chi connectivity index (χ3n) is 7.40. The summed E-state index contributed by atoms with van der Waals surface area (Å²) in [6, 6.07) is 16.6. The van der Waals surface area contributed by atoms with Crippen LogP contribution in [0.2, 0.25) is 0 Å². The first-order valence-electron chi connectivity index (χ1n) is 14.9. The van der Waals surface area contributed by atoms with Gasteiger partial charge in [-0.15, -0.1) is 0 Å². The van der Waals surface area contributed by atoms with Crippen LogP contribution < -0.4 is 15.4 Å². The lowest BCUT2D eigenvalue weighted by atomic mass is 9.86. The van der Waals surface area contributed by atoms with E-state index in [1.165, 1.54) is 0 Å². The van der Waals surface area contributed by atoms with Crippen LogP contribution in [0.5, 0.6) is 5.75 Å². The van der Waals surface area contributed by atoms with Gasteiger partial charge in [-0.2, -0.15) is 0 Å². The van der Waals surface area contributed by atoms with Gasteiger partial charge in [0.05, 0.1) is 24.6 Å². The van der Waals surface area contributed by atoms with Gasteiger partial charge >= 0.3 is 5.97 Å². The summed E-state index contributed by atoms with van der Waals surface area (Å²) in [5.74, 6) is -0.673. The summed E-state index contributed by atoms with van der Waals surface area (Å²) >= 11 is 0. The smallest absolute Gasteiger partial charge is 0.305 e. The average Bonchev–Trinajstić information content (AvgIpc) is 2.96. The van der Waals surface area contributed by atoms with Gasteiger partial charge in [0.25, 0.3) is 0 Å². The average molecular weight is 579 g/mol. The van der Waals surface area contributed by atoms with Gasteiger partial charge < -0.3 is 25.2 Å². The number of aliphatic hydroxyl groups is 1. The molecule has 3 rings (SSSR count). The SMILES string of the molecule is CC(C)(C)[C@H]1COC(=O)CCCCC=CC[C@H](CC(=O)N[C@H](CO)Cc2ccc(OCc3ccccc3)cc2)C(=O)N1. The number of esters is 1. The fourth-order valence-electron chi connectivity index (χ4n) is 4.66. The van der Waals surface area contributed by atoms with E-state index in [1.54, 1.807) is 0 Å². The summed E-state index contributed by atoms with van der Waals surface area (Å²) in [5, 5.41) is 15.9. The molecule has 2 amide bonds. The maximum atomic E-state index is 13.4. The molecule has 42 heavy (non-hydrogen) atoms. The maximum absolute atomic E-state index is 13.4. The number of carbonyl (C=O) groups is 3. The Morgan fingerprint density at radius 1 is 1.05 bits per heavy atom. The van der Waals surface area contributed by atoms with E-state index in [0.717, 1.165) is 36.1 Å². The Morgan fingerprint density at radius 3 is 2.48 bits per heavy atom. The van der Waals surface area contributed by atoms with Crippen molar-refractivity contribution in [1.82, 2.24) is 10.6 Å². The topological polar surface area (TPSA) is 114 Å². The van der Waals surface area contributed by atoms with E-state index in [1.807, 2.05) is 87.5 Å². The van der Waals surface area contributed by atoms with Gasteiger partial charge in [0.1, 0.15) is 19.0 Å². The van der Waals surface area contributed by atoms with E-state index in [4.69, 9.17) is 9.47 Å². The molecule has 0 saturated heterocycles. The summed E-state index contributed by atoms with van der Waals surface area (Å²) in [7, 11) is 0. The lowest BCUT2D eigenvalue weighted by Gasteiger charge is -2.32. The standard InChI is InChI=1S/C34H46N2O6/c1-34(2,3)30-24-42-32(39)15-11-6-4-5-10-14-27(33(40)36-30)21-31(38)35-28(22-37)20-25-16-18-29(19-17-25)41-23-26-12-8-7-9-13-26/h5,7-10,12-13,16-19,27-28,30,37H,4,6,11,14-15,20-24H2,1-3H3,(H,35,38)(H,36,40)/t27-,28+,30-/m1/s1. The van der Waals surface area contributed by atoms with Gasteiger partial charge in [0.2, 0.25) is 11.8 Å². The van der Waals surface area contributed by atoms with Crippen molar-refractivity contribution in [1.29, 1.82) is 0 Å². The monoisotopic (exact) mass is 578 g/mol. The number of aliphatic hydroxyl groups excluding tert-OH is 1. The molecule has 0 unspecified atom stereocenters. The molecule has 8 heteroatoms. The molecule has 0 saturated carbocycles. The fraction of sp³-hybridized carbons (Fsp3) is 0.500. The minimum atomic E-state index is -0.592. The number of benzene rings is 2. The van der Waals surface area contributed by atoms with Crippen LogP contribution in [-0.4, -0.2) is 48.2 Å². The van der Waals surface area contributed by atoms with Crippen molar-refractivity contribution in [2.24, 2.45) is 11.3 Å². The van der Waals surface area contributed by atoms with Crippen LogP contribution in [0.4, 0.5) is 0 Å². The zero-order chi connectivity index (χ0) is 30.4. The Kier molecular flexibility index (Phi) is 13.1. The summed E-state index contributed by atoms with van der Waals surface area (Å²) in [6.07, 6.45) is 7.53. The molecule has 0 spiro atoms. The van der Waals surface area contributed by atoms with Crippen molar-refractivity contribution in [2.45, 2.75) is 84.4 Å². The van der Waals surface area contributed by atoms with Gasteiger partial charge in [-0.25, -0.2) is 0 Å². The largest absolute Gasteiger partial charge is 0.489 e. The van der Waals surface area contributed by atoms with Gasteiger partial charge in [0, 0.05) is 12.8 Å². The number of rotatable bonds is 9. The first kappa shape index (κ1) is 32.9. The van der Waals surface area contributed by atoms with Crippen molar-refractivity contribution in [3.63, 3.8) is 0 Å². The highest BCUT2D eigenvalue weighted by Gasteiger charge is 2.31. The van der Waals surface area contributed by atoms with Crippen LogP contribution in [0.1, 0.15) is 70.4 Å². The number of ether oxygens (including phenoxy) is 2. The lowest BCUT2D eigenvalue weighted by molar-refractivity contribution is -0.146. The summed E-state index contributed by atoms with van der Waals surface area (Å²) in [5.41, 5.74) is 1.68. The molecule has 228 valence electrons. The highest BCUT2D eigenvalue weighted by Crippen LogP contribution is 2.22. The van der Waals surface area contributed by atoms with Crippen molar-refractivity contribution in [3.8, 4) is 5.75 Å². The Balaban J connectivity index is 1.59. The Labute approximate surface area is 249 Å². The molecular formula is C34H46N2O6. The first-order chi connectivity index (χ1) is 20.1. The Bertz CT molecular complexity index is 1160. The van der Waals surface area contributed by atoms with Crippen molar-refractivity contribution in [3.05, 3.63) is 77.9 Å². The molecule has 3 N–H and O–H groups in total. The van der Waals surface area contributed by atoms with Gasteiger partial charge in [0.15, 0.2) is 0 Å². The van der Waals surface area contributed by atoms with Crippen LogP contribution in [0, 0.1) is 11.3 Å². The molecule has 2 aromatic carbocycles. The Morgan fingerprint density at radius 2 is 1.79 bits per heavy atom. The number of hydrogen-bond donors (Lipinski definition) is 3. The number of hydrogen-bond acceptors (Lipinski definition) is 6. The quantitative estimate of drug-likeness (QED) is 0.289. The number of nitrogens with one attached hydrogen (secondary N) is 2. The van der Waals surface area contributed by atoms with Crippen LogP contribution in [-0.2, 0) is 32.1 Å². The normalized spacial score (nSPS) is 19.6. The second-order valence-corrected chi connectivity index (χ2v) is 12.0. The third kappa shape index (κ3) is 11.7. The van der Waals surface area contributed by atoms with Crippen LogP contribution in [0.15, 0.2) is 66.7 Å². The summed E-state index contributed by atoms with van der Waals surface area (Å²) in [4.78, 5) is 38.6. The van der Waals surface area contributed by atoms with Gasteiger partial charge in [-0.05, 0) is 60.8 Å². The minimum Gasteiger partial charge on any atom is -0.489 e. The van der Waals surface area contributed by atoms with E-state index >= 15 is 0 Å². The van der Waals surface area contributed by atoms with Crippen molar-refractivity contribution in [2.75, 3.05) is 13.2 Å². The van der Waals surface area contributed by atoms with E-state index < -0.39 is 18.0 Å². The minimum absolute atomic E-state index is 0.0183.